The number of benzene rings is 1. The standard InChI is InChI=1S/C7H6O4.Na.2H2O.H/c8-4-1-2-6(9)5(3-4)7(10)11;;;;/h1-3,8-9H,(H,10,11);;2*1H2;/q;+1;;;-1. The zero-order valence-corrected chi connectivity index (χ0v) is 9.48. The van der Waals surface area contributed by atoms with E-state index in [9.17, 15) is 4.79 Å². The van der Waals surface area contributed by atoms with E-state index in [1.807, 2.05) is 0 Å². The first-order chi connectivity index (χ1) is 5.11. The van der Waals surface area contributed by atoms with Crippen LogP contribution in [0.2, 0.25) is 0 Å². The van der Waals surface area contributed by atoms with Gasteiger partial charge in [0.1, 0.15) is 17.1 Å². The summed E-state index contributed by atoms with van der Waals surface area (Å²) in [7, 11) is 0. The molecule has 0 fully saturated rings. The number of aromatic hydroxyl groups is 2. The van der Waals surface area contributed by atoms with Crippen molar-refractivity contribution in [2.75, 3.05) is 0 Å². The minimum Gasteiger partial charge on any atom is -1.00 e. The molecule has 0 amide bonds. The number of carboxylic acids is 1. The van der Waals surface area contributed by atoms with E-state index in [0.717, 1.165) is 12.1 Å². The zero-order valence-electron chi connectivity index (χ0n) is 8.48. The second-order valence-corrected chi connectivity index (χ2v) is 2.01. The minimum atomic E-state index is -1.27. The van der Waals surface area contributed by atoms with E-state index in [2.05, 4.69) is 0 Å². The average Bonchev–Trinajstić information content (AvgIpc) is 1.94. The topological polar surface area (TPSA) is 141 Å². The molecule has 1 rings (SSSR count). The van der Waals surface area contributed by atoms with Crippen molar-refractivity contribution in [3.05, 3.63) is 23.8 Å². The predicted octanol–water partition coefficient (Wildman–Crippen LogP) is -3.74. The van der Waals surface area contributed by atoms with Gasteiger partial charge in [-0.15, -0.1) is 0 Å². The number of carbonyl (C=O) groups is 1. The van der Waals surface area contributed by atoms with Crippen LogP contribution in [0.1, 0.15) is 11.8 Å². The van der Waals surface area contributed by atoms with Crippen LogP contribution in [-0.2, 0) is 0 Å². The molecule has 0 aromatic heterocycles. The van der Waals surface area contributed by atoms with Crippen LogP contribution >= 0.6 is 0 Å². The zero-order chi connectivity index (χ0) is 8.43. The fourth-order valence-corrected chi connectivity index (χ4v) is 0.695. The van der Waals surface area contributed by atoms with Gasteiger partial charge in [-0.3, -0.25) is 0 Å². The summed E-state index contributed by atoms with van der Waals surface area (Å²) in [5, 5.41) is 26.1. The van der Waals surface area contributed by atoms with E-state index >= 15 is 0 Å². The molecule has 0 unspecified atom stereocenters. The molecule has 0 atom stereocenters. The molecule has 0 bridgehead atoms. The monoisotopic (exact) mass is 214 g/mol. The summed E-state index contributed by atoms with van der Waals surface area (Å²) in [6.07, 6.45) is 0. The van der Waals surface area contributed by atoms with Gasteiger partial charge in [0.25, 0.3) is 0 Å². The van der Waals surface area contributed by atoms with Crippen molar-refractivity contribution in [1.29, 1.82) is 0 Å². The van der Waals surface area contributed by atoms with Crippen molar-refractivity contribution < 1.29 is 62.1 Å². The average molecular weight is 214 g/mol. The van der Waals surface area contributed by atoms with Gasteiger partial charge in [0.05, 0.1) is 0 Å². The smallest absolute Gasteiger partial charge is 1.00 e. The van der Waals surface area contributed by atoms with Crippen LogP contribution in [0, 0.1) is 0 Å². The van der Waals surface area contributed by atoms with Crippen molar-refractivity contribution in [3.8, 4) is 11.5 Å². The van der Waals surface area contributed by atoms with Crippen molar-refractivity contribution in [2.24, 2.45) is 0 Å². The summed E-state index contributed by atoms with van der Waals surface area (Å²) in [5.41, 5.74) is -0.301. The van der Waals surface area contributed by atoms with Crippen LogP contribution < -0.4 is 29.6 Å². The molecule has 6 nitrogen and oxygen atoms in total. The van der Waals surface area contributed by atoms with Crippen molar-refractivity contribution in [2.45, 2.75) is 0 Å². The van der Waals surface area contributed by atoms with Gasteiger partial charge in [0.2, 0.25) is 0 Å². The van der Waals surface area contributed by atoms with E-state index < -0.39 is 5.97 Å². The number of hydrogen-bond donors (Lipinski definition) is 3. The predicted molar refractivity (Wildman–Crippen MR) is 45.1 cm³/mol. The Hall–Kier alpha value is -0.790. The van der Waals surface area contributed by atoms with Crippen LogP contribution in [0.15, 0.2) is 18.2 Å². The van der Waals surface area contributed by atoms with Gasteiger partial charge < -0.3 is 27.7 Å². The summed E-state index contributed by atoms with van der Waals surface area (Å²) in [4.78, 5) is 10.3. The number of rotatable bonds is 1. The number of carboxylic acid groups (broad SMARTS) is 1. The number of hydrogen-bond acceptors (Lipinski definition) is 3. The molecule has 0 aliphatic rings. The molecule has 7 heteroatoms. The maximum atomic E-state index is 10.3. The van der Waals surface area contributed by atoms with Crippen molar-refractivity contribution in [1.82, 2.24) is 0 Å². The van der Waals surface area contributed by atoms with Crippen LogP contribution in [0.4, 0.5) is 0 Å². The molecule has 0 aliphatic heterocycles. The summed E-state index contributed by atoms with van der Waals surface area (Å²) in [6.45, 7) is 0. The molecule has 0 saturated heterocycles. The Bertz CT molecular complexity index is 306. The third kappa shape index (κ3) is 4.45. The maximum Gasteiger partial charge on any atom is 1.00 e. The van der Waals surface area contributed by atoms with Crippen LogP contribution in [0.5, 0.6) is 11.5 Å². The Morgan fingerprint density at radius 1 is 1.21 bits per heavy atom. The largest absolute Gasteiger partial charge is 1.00 e. The number of phenols is 2. The third-order valence-electron chi connectivity index (χ3n) is 1.21. The second kappa shape index (κ2) is 7.60. The summed E-state index contributed by atoms with van der Waals surface area (Å²) >= 11 is 0. The summed E-state index contributed by atoms with van der Waals surface area (Å²) < 4.78 is 0. The van der Waals surface area contributed by atoms with Gasteiger partial charge in [-0.1, -0.05) is 0 Å². The Morgan fingerprint density at radius 3 is 2.07 bits per heavy atom. The third-order valence-corrected chi connectivity index (χ3v) is 1.21. The first-order valence-corrected chi connectivity index (χ1v) is 2.86. The Morgan fingerprint density at radius 2 is 1.71 bits per heavy atom. The molecule has 7 N–H and O–H groups in total. The molecule has 0 heterocycles. The summed E-state index contributed by atoms with van der Waals surface area (Å²) in [5.74, 6) is -1.80. The van der Waals surface area contributed by atoms with Crippen LogP contribution in [0.3, 0.4) is 0 Å². The fourth-order valence-electron chi connectivity index (χ4n) is 0.695. The molecule has 76 valence electrons. The summed E-state index contributed by atoms with van der Waals surface area (Å²) in [6, 6.07) is 3.32. The first kappa shape index (κ1) is 18.9. The van der Waals surface area contributed by atoms with E-state index in [-0.39, 0.29) is 59.0 Å². The van der Waals surface area contributed by atoms with E-state index in [0.29, 0.717) is 0 Å². The van der Waals surface area contributed by atoms with Crippen LogP contribution in [0.25, 0.3) is 0 Å². The Balaban J connectivity index is -0.000000151. The van der Waals surface area contributed by atoms with Crippen LogP contribution in [-0.4, -0.2) is 32.2 Å². The van der Waals surface area contributed by atoms with Crippen molar-refractivity contribution in [3.63, 3.8) is 0 Å². The Kier molecular flexibility index (Phi) is 10.3. The van der Waals surface area contributed by atoms with Gasteiger partial charge in [-0.25, -0.2) is 4.79 Å². The van der Waals surface area contributed by atoms with Gasteiger partial charge in [-0.05, 0) is 18.2 Å². The van der Waals surface area contributed by atoms with E-state index in [1.54, 1.807) is 0 Å². The minimum absolute atomic E-state index is 0. The van der Waals surface area contributed by atoms with Crippen molar-refractivity contribution >= 4 is 5.97 Å². The molecule has 1 aromatic rings. The molecule has 0 saturated carbocycles. The van der Waals surface area contributed by atoms with Gasteiger partial charge in [0, 0.05) is 0 Å². The second-order valence-electron chi connectivity index (χ2n) is 2.01. The number of aromatic carboxylic acids is 1. The quantitative estimate of drug-likeness (QED) is 0.326. The molecule has 1 aromatic carbocycles. The van der Waals surface area contributed by atoms with E-state index in [4.69, 9.17) is 15.3 Å². The Labute approximate surface area is 103 Å². The van der Waals surface area contributed by atoms with E-state index in [1.165, 1.54) is 6.07 Å². The van der Waals surface area contributed by atoms with Gasteiger partial charge in [-0.2, -0.15) is 0 Å². The molecule has 14 heavy (non-hydrogen) atoms. The maximum absolute atomic E-state index is 10.3. The fraction of sp³-hybridized carbons (Fsp3) is 0. The molecule has 0 aliphatic carbocycles. The molecule has 0 radical (unpaired) electrons. The number of phenolic OH excluding ortho intramolecular Hbond substituents is 1. The molecular formula is C7H11NaO6. The normalized spacial score (nSPS) is 7.43. The molecule has 0 spiro atoms. The van der Waals surface area contributed by atoms with Gasteiger partial charge >= 0.3 is 35.5 Å². The SMILES string of the molecule is O.O.O=C(O)c1cc(O)ccc1O.[H-].[Na+]. The first-order valence-electron chi connectivity index (χ1n) is 2.86. The molecular weight excluding hydrogens is 203 g/mol. The van der Waals surface area contributed by atoms with Gasteiger partial charge in [0.15, 0.2) is 0 Å².